The predicted octanol–water partition coefficient (Wildman–Crippen LogP) is -0.668. The summed E-state index contributed by atoms with van der Waals surface area (Å²) in [5.41, 5.74) is 2.35. The maximum absolute atomic E-state index is 10.9. The van der Waals surface area contributed by atoms with Gasteiger partial charge in [0.05, 0.1) is 0 Å². The zero-order valence-electron chi connectivity index (χ0n) is 6.46. The Hall–Kier alpha value is -1.36. The zero-order chi connectivity index (χ0) is 8.43. The molecule has 1 heterocycles. The van der Waals surface area contributed by atoms with Crippen molar-refractivity contribution in [3.63, 3.8) is 0 Å². The fourth-order valence-corrected chi connectivity index (χ4v) is 0.742. The number of carbonyl (C=O) groups excluding carboxylic acids is 1. The van der Waals surface area contributed by atoms with Crippen LogP contribution in [0.2, 0.25) is 0 Å². The lowest BCUT2D eigenvalue weighted by molar-refractivity contribution is 0.0949. The van der Waals surface area contributed by atoms with E-state index in [1.165, 1.54) is 0 Å². The summed E-state index contributed by atoms with van der Waals surface area (Å²) >= 11 is 0. The van der Waals surface area contributed by atoms with E-state index in [0.29, 0.717) is 5.69 Å². The molecule has 0 saturated heterocycles. The summed E-state index contributed by atoms with van der Waals surface area (Å²) in [6.07, 6.45) is 1.62. The van der Waals surface area contributed by atoms with Gasteiger partial charge in [0.2, 0.25) is 0 Å². The molecule has 0 radical (unpaired) electrons. The molecule has 5 nitrogen and oxygen atoms in total. The third kappa shape index (κ3) is 1.38. The second-order valence-corrected chi connectivity index (χ2v) is 2.26. The predicted molar refractivity (Wildman–Crippen MR) is 39.6 cm³/mol. The van der Waals surface area contributed by atoms with Crippen LogP contribution in [0, 0.1) is 6.92 Å². The number of nitrogen functional groups attached to an aromatic ring is 1. The number of hydrazine groups is 1. The minimum atomic E-state index is -0.367. The largest absolute Gasteiger partial charge is 0.337 e. The number of hydrogen-bond acceptors (Lipinski definition) is 3. The molecule has 60 valence electrons. The summed E-state index contributed by atoms with van der Waals surface area (Å²) in [5.74, 6) is 5.33. The smallest absolute Gasteiger partial charge is 0.285 e. The molecule has 0 aromatic carbocycles. The highest BCUT2D eigenvalue weighted by atomic mass is 16.2. The second-order valence-electron chi connectivity index (χ2n) is 2.26. The van der Waals surface area contributed by atoms with E-state index in [1.54, 1.807) is 10.8 Å². The van der Waals surface area contributed by atoms with Gasteiger partial charge in [0.1, 0.15) is 11.5 Å². The molecule has 1 amide bonds. The maximum Gasteiger partial charge on any atom is 0.285 e. The van der Waals surface area contributed by atoms with Gasteiger partial charge in [0.15, 0.2) is 0 Å². The molecule has 11 heavy (non-hydrogen) atoms. The molecular weight excluding hydrogens is 144 g/mol. The Labute approximate surface area is 64.2 Å². The number of aromatic nitrogens is 2. The average molecular weight is 154 g/mol. The van der Waals surface area contributed by atoms with Crippen molar-refractivity contribution in [2.75, 3.05) is 0 Å². The number of carbonyl (C=O) groups is 1. The molecule has 3 N–H and O–H groups in total. The van der Waals surface area contributed by atoms with Crippen LogP contribution in [0.5, 0.6) is 0 Å². The lowest BCUT2D eigenvalue weighted by Gasteiger charge is -1.90. The van der Waals surface area contributed by atoms with Gasteiger partial charge in [-0.15, -0.1) is 0 Å². The minimum Gasteiger partial charge on any atom is -0.337 e. The fourth-order valence-electron chi connectivity index (χ4n) is 0.742. The van der Waals surface area contributed by atoms with E-state index in [4.69, 9.17) is 5.84 Å². The summed E-state index contributed by atoms with van der Waals surface area (Å²) in [6.45, 7) is 1.81. The molecule has 0 bridgehead atoms. The van der Waals surface area contributed by atoms with E-state index in [9.17, 15) is 4.79 Å². The molecule has 0 aliphatic carbocycles. The molecule has 0 unspecified atom stereocenters. The number of rotatable bonds is 1. The first-order chi connectivity index (χ1) is 5.15. The summed E-state index contributed by atoms with van der Waals surface area (Å²) in [5, 5.41) is 0. The summed E-state index contributed by atoms with van der Waals surface area (Å²) < 4.78 is 1.75. The van der Waals surface area contributed by atoms with Crippen molar-refractivity contribution >= 4 is 5.91 Å². The van der Waals surface area contributed by atoms with Crippen LogP contribution in [0.4, 0.5) is 0 Å². The number of imidazole rings is 1. The Balaban J connectivity index is 2.97. The van der Waals surface area contributed by atoms with Crippen molar-refractivity contribution in [2.45, 2.75) is 6.92 Å². The highest BCUT2D eigenvalue weighted by Crippen LogP contribution is 1.98. The quantitative estimate of drug-likeness (QED) is 0.320. The first-order valence-corrected chi connectivity index (χ1v) is 3.16. The standard InChI is InChI=1S/C6H10N4O/c1-4-8-5(3-10(4)2)6(11)9-7/h3H,7H2,1-2H3,(H,9,11). The topological polar surface area (TPSA) is 72.9 Å². The van der Waals surface area contributed by atoms with Gasteiger partial charge < -0.3 is 4.57 Å². The van der Waals surface area contributed by atoms with Crippen molar-refractivity contribution in [3.05, 3.63) is 17.7 Å². The summed E-state index contributed by atoms with van der Waals surface area (Å²) in [4.78, 5) is 14.8. The van der Waals surface area contributed by atoms with Crippen molar-refractivity contribution in [1.29, 1.82) is 0 Å². The van der Waals surface area contributed by atoms with Gasteiger partial charge in [-0.1, -0.05) is 0 Å². The van der Waals surface area contributed by atoms with E-state index < -0.39 is 0 Å². The monoisotopic (exact) mass is 154 g/mol. The fraction of sp³-hybridized carbons (Fsp3) is 0.333. The Bertz CT molecular complexity index is 259. The van der Waals surface area contributed by atoms with Crippen LogP contribution in [0.1, 0.15) is 16.3 Å². The van der Waals surface area contributed by atoms with Crippen molar-refractivity contribution < 1.29 is 4.79 Å². The molecule has 0 fully saturated rings. The molecule has 1 rings (SSSR count). The van der Waals surface area contributed by atoms with Crippen LogP contribution in [-0.4, -0.2) is 15.5 Å². The minimum absolute atomic E-state index is 0.340. The first kappa shape index (κ1) is 7.74. The second kappa shape index (κ2) is 2.71. The Kier molecular flexibility index (Phi) is 1.91. The highest BCUT2D eigenvalue weighted by Gasteiger charge is 2.07. The van der Waals surface area contributed by atoms with E-state index in [1.807, 2.05) is 19.4 Å². The molecule has 0 aliphatic heterocycles. The average Bonchev–Trinajstić information content (AvgIpc) is 2.31. The lowest BCUT2D eigenvalue weighted by Crippen LogP contribution is -2.30. The van der Waals surface area contributed by atoms with Crippen molar-refractivity contribution in [1.82, 2.24) is 15.0 Å². The van der Waals surface area contributed by atoms with Gasteiger partial charge in [-0.2, -0.15) is 0 Å². The van der Waals surface area contributed by atoms with Gasteiger partial charge in [-0.05, 0) is 6.92 Å². The zero-order valence-corrected chi connectivity index (χ0v) is 6.46. The number of hydrogen-bond donors (Lipinski definition) is 2. The van der Waals surface area contributed by atoms with Crippen LogP contribution >= 0.6 is 0 Å². The molecule has 0 spiro atoms. The Morgan fingerprint density at radius 2 is 2.45 bits per heavy atom. The Morgan fingerprint density at radius 1 is 1.82 bits per heavy atom. The SMILES string of the molecule is Cc1nc(C(=O)NN)cn1C. The van der Waals surface area contributed by atoms with E-state index >= 15 is 0 Å². The van der Waals surface area contributed by atoms with Crippen LogP contribution in [0.3, 0.4) is 0 Å². The van der Waals surface area contributed by atoms with Gasteiger partial charge in [0.25, 0.3) is 5.91 Å². The highest BCUT2D eigenvalue weighted by molar-refractivity contribution is 5.91. The number of amides is 1. The number of aryl methyl sites for hydroxylation is 2. The van der Waals surface area contributed by atoms with Gasteiger partial charge in [-0.25, -0.2) is 10.8 Å². The number of nitrogens with one attached hydrogen (secondary N) is 1. The molecule has 0 aliphatic rings. The number of nitrogens with two attached hydrogens (primary N) is 1. The lowest BCUT2D eigenvalue weighted by atomic mass is 10.5. The van der Waals surface area contributed by atoms with Gasteiger partial charge >= 0.3 is 0 Å². The molecule has 5 heteroatoms. The molecular formula is C6H10N4O. The molecule has 0 saturated carbocycles. The van der Waals surface area contributed by atoms with Gasteiger partial charge in [0, 0.05) is 13.2 Å². The maximum atomic E-state index is 10.9. The molecule has 1 aromatic rings. The third-order valence-electron chi connectivity index (χ3n) is 1.47. The number of nitrogens with zero attached hydrogens (tertiary/aromatic N) is 2. The summed E-state index contributed by atoms with van der Waals surface area (Å²) in [7, 11) is 1.82. The van der Waals surface area contributed by atoms with Crippen LogP contribution in [0.25, 0.3) is 0 Å². The van der Waals surface area contributed by atoms with Gasteiger partial charge in [-0.3, -0.25) is 10.2 Å². The Morgan fingerprint density at radius 3 is 2.82 bits per heavy atom. The van der Waals surface area contributed by atoms with E-state index in [2.05, 4.69) is 4.98 Å². The van der Waals surface area contributed by atoms with Crippen LogP contribution < -0.4 is 11.3 Å². The van der Waals surface area contributed by atoms with Crippen LogP contribution in [-0.2, 0) is 7.05 Å². The molecule has 0 atom stereocenters. The third-order valence-corrected chi connectivity index (χ3v) is 1.47. The van der Waals surface area contributed by atoms with Crippen molar-refractivity contribution in [2.24, 2.45) is 12.9 Å². The van der Waals surface area contributed by atoms with E-state index in [0.717, 1.165) is 5.82 Å². The normalized spacial score (nSPS) is 9.73. The van der Waals surface area contributed by atoms with Crippen LogP contribution in [0.15, 0.2) is 6.20 Å². The summed E-state index contributed by atoms with van der Waals surface area (Å²) in [6, 6.07) is 0. The van der Waals surface area contributed by atoms with E-state index in [-0.39, 0.29) is 5.91 Å². The first-order valence-electron chi connectivity index (χ1n) is 3.16. The van der Waals surface area contributed by atoms with Crippen molar-refractivity contribution in [3.8, 4) is 0 Å². The molecule has 1 aromatic heterocycles.